The molecule has 0 radical (unpaired) electrons. The molecule has 1 aliphatic heterocycles. The standard InChI is InChI=1S/C24H28N4O3S/c1-18-9-12-28(13-10-18)32(30,31)21-8-7-19(2)22(15-21)24(29)26-16-20-5-3-4-6-23(20)27-14-11-25-17-27/h3-8,11,14-15,17-18H,9-10,12-13,16H2,1-2H3,(H,26,29). The molecule has 0 saturated carbocycles. The minimum absolute atomic E-state index is 0.168. The number of para-hydroxylation sites is 1. The summed E-state index contributed by atoms with van der Waals surface area (Å²) in [6, 6.07) is 12.5. The highest BCUT2D eigenvalue weighted by Gasteiger charge is 2.29. The second-order valence-corrected chi connectivity index (χ2v) is 10.3. The number of aryl methyl sites for hydroxylation is 1. The van der Waals surface area contributed by atoms with E-state index in [2.05, 4.69) is 17.2 Å². The van der Waals surface area contributed by atoms with Gasteiger partial charge in [-0.2, -0.15) is 4.31 Å². The number of hydrogen-bond donors (Lipinski definition) is 1. The highest BCUT2D eigenvalue weighted by atomic mass is 32.2. The summed E-state index contributed by atoms with van der Waals surface area (Å²) in [6.07, 6.45) is 6.97. The van der Waals surface area contributed by atoms with E-state index >= 15 is 0 Å². The molecule has 2 heterocycles. The van der Waals surface area contributed by atoms with Crippen LogP contribution in [0.4, 0.5) is 0 Å². The maximum absolute atomic E-state index is 13.1. The first kappa shape index (κ1) is 22.2. The highest BCUT2D eigenvalue weighted by molar-refractivity contribution is 7.89. The molecule has 0 aliphatic carbocycles. The number of nitrogens with one attached hydrogen (secondary N) is 1. The number of aromatic nitrogens is 2. The number of piperidine rings is 1. The monoisotopic (exact) mass is 452 g/mol. The van der Waals surface area contributed by atoms with Gasteiger partial charge >= 0.3 is 0 Å². The molecule has 2 aromatic carbocycles. The number of carbonyl (C=O) groups is 1. The third-order valence-corrected chi connectivity index (χ3v) is 7.94. The van der Waals surface area contributed by atoms with Crippen LogP contribution in [-0.2, 0) is 16.6 Å². The summed E-state index contributed by atoms with van der Waals surface area (Å²) in [4.78, 5) is 17.2. The number of amides is 1. The average Bonchev–Trinajstić information content (AvgIpc) is 3.33. The lowest BCUT2D eigenvalue weighted by molar-refractivity contribution is 0.0950. The predicted molar refractivity (Wildman–Crippen MR) is 123 cm³/mol. The zero-order valence-electron chi connectivity index (χ0n) is 18.4. The zero-order chi connectivity index (χ0) is 22.7. The van der Waals surface area contributed by atoms with Gasteiger partial charge in [-0.15, -0.1) is 0 Å². The molecule has 1 saturated heterocycles. The number of rotatable bonds is 6. The Kier molecular flexibility index (Phi) is 6.43. The molecule has 1 aromatic heterocycles. The molecule has 7 nitrogen and oxygen atoms in total. The molecule has 1 aliphatic rings. The van der Waals surface area contributed by atoms with E-state index in [0.29, 0.717) is 31.1 Å². The van der Waals surface area contributed by atoms with Gasteiger partial charge < -0.3 is 9.88 Å². The summed E-state index contributed by atoms with van der Waals surface area (Å²) in [5.41, 5.74) is 2.97. The van der Waals surface area contributed by atoms with Crippen LogP contribution in [0.1, 0.15) is 41.3 Å². The summed E-state index contributed by atoms with van der Waals surface area (Å²) >= 11 is 0. The van der Waals surface area contributed by atoms with Crippen molar-refractivity contribution in [3.05, 3.63) is 77.9 Å². The second-order valence-electron chi connectivity index (χ2n) is 8.34. The third-order valence-electron chi connectivity index (χ3n) is 6.05. The molecule has 1 N–H and O–H groups in total. The van der Waals surface area contributed by atoms with Gasteiger partial charge in [0.05, 0.1) is 16.9 Å². The topological polar surface area (TPSA) is 84.3 Å². The van der Waals surface area contributed by atoms with Crippen LogP contribution in [0.2, 0.25) is 0 Å². The third kappa shape index (κ3) is 4.61. The summed E-state index contributed by atoms with van der Waals surface area (Å²) < 4.78 is 29.7. The fraction of sp³-hybridized carbons (Fsp3) is 0.333. The van der Waals surface area contributed by atoms with Crippen molar-refractivity contribution in [2.45, 2.75) is 38.1 Å². The van der Waals surface area contributed by atoms with Crippen LogP contribution in [-0.4, -0.2) is 41.3 Å². The minimum Gasteiger partial charge on any atom is -0.348 e. The Labute approximate surface area is 189 Å². The minimum atomic E-state index is -3.62. The molecule has 0 spiro atoms. The molecule has 32 heavy (non-hydrogen) atoms. The van der Waals surface area contributed by atoms with Crippen LogP contribution in [0, 0.1) is 12.8 Å². The molecule has 0 atom stereocenters. The highest BCUT2D eigenvalue weighted by Crippen LogP contribution is 2.25. The number of sulfonamides is 1. The Morgan fingerprint density at radius 3 is 2.62 bits per heavy atom. The van der Waals surface area contributed by atoms with Gasteiger partial charge in [-0.25, -0.2) is 13.4 Å². The van der Waals surface area contributed by atoms with Crippen LogP contribution in [0.25, 0.3) is 5.69 Å². The first-order chi connectivity index (χ1) is 15.4. The zero-order valence-corrected chi connectivity index (χ0v) is 19.2. The van der Waals surface area contributed by atoms with E-state index in [1.54, 1.807) is 24.7 Å². The Balaban J connectivity index is 1.53. The van der Waals surface area contributed by atoms with Crippen LogP contribution < -0.4 is 5.32 Å². The maximum Gasteiger partial charge on any atom is 0.251 e. The first-order valence-corrected chi connectivity index (χ1v) is 12.3. The number of hydrogen-bond acceptors (Lipinski definition) is 4. The number of carbonyl (C=O) groups excluding carboxylic acids is 1. The van der Waals surface area contributed by atoms with Crippen LogP contribution in [0.3, 0.4) is 0 Å². The Morgan fingerprint density at radius 1 is 1.16 bits per heavy atom. The summed E-state index contributed by atoms with van der Waals surface area (Å²) in [6.45, 7) is 5.30. The molecule has 0 unspecified atom stereocenters. The lowest BCUT2D eigenvalue weighted by atomic mass is 10.0. The fourth-order valence-electron chi connectivity index (χ4n) is 3.97. The van der Waals surface area contributed by atoms with Gasteiger partial charge in [-0.05, 0) is 55.0 Å². The van der Waals surface area contributed by atoms with Crippen molar-refractivity contribution >= 4 is 15.9 Å². The quantitative estimate of drug-likeness (QED) is 0.620. The Bertz CT molecular complexity index is 1200. The van der Waals surface area contributed by atoms with Crippen molar-refractivity contribution < 1.29 is 13.2 Å². The van der Waals surface area contributed by atoms with Crippen LogP contribution >= 0.6 is 0 Å². The van der Waals surface area contributed by atoms with Gasteiger partial charge in [-0.3, -0.25) is 4.79 Å². The van der Waals surface area contributed by atoms with Crippen molar-refractivity contribution in [2.24, 2.45) is 5.92 Å². The van der Waals surface area contributed by atoms with E-state index in [9.17, 15) is 13.2 Å². The van der Waals surface area contributed by atoms with E-state index in [0.717, 1.165) is 29.7 Å². The second kappa shape index (κ2) is 9.26. The smallest absolute Gasteiger partial charge is 0.251 e. The molecule has 3 aromatic rings. The predicted octanol–water partition coefficient (Wildman–Crippen LogP) is 3.53. The number of nitrogens with zero attached hydrogens (tertiary/aromatic N) is 3. The van der Waals surface area contributed by atoms with Gasteiger partial charge in [0.25, 0.3) is 5.91 Å². The fourth-order valence-corrected chi connectivity index (χ4v) is 5.46. The average molecular weight is 453 g/mol. The van der Waals surface area contributed by atoms with Crippen molar-refractivity contribution in [3.63, 3.8) is 0 Å². The summed E-state index contributed by atoms with van der Waals surface area (Å²) in [7, 11) is -3.62. The van der Waals surface area contributed by atoms with Crippen molar-refractivity contribution in [2.75, 3.05) is 13.1 Å². The van der Waals surface area contributed by atoms with Crippen LogP contribution in [0.5, 0.6) is 0 Å². The van der Waals surface area contributed by atoms with Crippen LogP contribution in [0.15, 0.2) is 66.1 Å². The van der Waals surface area contributed by atoms with E-state index < -0.39 is 10.0 Å². The summed E-state index contributed by atoms with van der Waals surface area (Å²) in [5.74, 6) is 0.234. The van der Waals surface area contributed by atoms with Gasteiger partial charge in [0, 0.05) is 37.6 Å². The molecule has 0 bridgehead atoms. The van der Waals surface area contributed by atoms with Gasteiger partial charge in [0.1, 0.15) is 0 Å². The Hall–Kier alpha value is -2.97. The largest absolute Gasteiger partial charge is 0.348 e. The molecule has 4 rings (SSSR count). The normalized spacial score (nSPS) is 15.6. The van der Waals surface area contributed by atoms with Crippen molar-refractivity contribution in [3.8, 4) is 5.69 Å². The van der Waals surface area contributed by atoms with E-state index in [1.165, 1.54) is 10.4 Å². The van der Waals surface area contributed by atoms with E-state index in [4.69, 9.17) is 0 Å². The van der Waals surface area contributed by atoms with Crippen molar-refractivity contribution in [1.82, 2.24) is 19.2 Å². The molecule has 1 fully saturated rings. The summed E-state index contributed by atoms with van der Waals surface area (Å²) in [5, 5.41) is 2.94. The molecular weight excluding hydrogens is 424 g/mol. The molecule has 1 amide bonds. The molecular formula is C24H28N4O3S. The van der Waals surface area contributed by atoms with E-state index in [1.807, 2.05) is 42.0 Å². The maximum atomic E-state index is 13.1. The lowest BCUT2D eigenvalue weighted by Crippen LogP contribution is -2.38. The van der Waals surface area contributed by atoms with Crippen molar-refractivity contribution in [1.29, 1.82) is 0 Å². The number of imidazole rings is 1. The van der Waals surface area contributed by atoms with E-state index in [-0.39, 0.29) is 10.8 Å². The Morgan fingerprint density at radius 2 is 1.91 bits per heavy atom. The SMILES string of the molecule is Cc1ccc(S(=O)(=O)N2CCC(C)CC2)cc1C(=O)NCc1ccccc1-n1ccnc1. The van der Waals surface area contributed by atoms with Gasteiger partial charge in [0.2, 0.25) is 10.0 Å². The molecule has 168 valence electrons. The lowest BCUT2D eigenvalue weighted by Gasteiger charge is -2.29. The molecule has 8 heteroatoms. The van der Waals surface area contributed by atoms with Gasteiger partial charge in [0.15, 0.2) is 0 Å². The van der Waals surface area contributed by atoms with Gasteiger partial charge in [-0.1, -0.05) is 31.2 Å². The number of benzene rings is 2. The first-order valence-electron chi connectivity index (χ1n) is 10.8.